The zero-order chi connectivity index (χ0) is 42.7. The molecule has 0 saturated heterocycles. The minimum Gasteiger partial charge on any atom is -0.493 e. The van der Waals surface area contributed by atoms with Crippen molar-refractivity contribution in [3.05, 3.63) is 228 Å². The van der Waals surface area contributed by atoms with Gasteiger partial charge in [0.1, 0.15) is 11.5 Å². The smallest absolute Gasteiger partial charge is 0.126 e. The molecule has 0 fully saturated rings. The van der Waals surface area contributed by atoms with E-state index < -0.39 is 0 Å². The van der Waals surface area contributed by atoms with Crippen LogP contribution in [-0.4, -0.2) is 13.2 Å². The van der Waals surface area contributed by atoms with Gasteiger partial charge in [-0.1, -0.05) is 145 Å². The first-order valence-electron chi connectivity index (χ1n) is 21.4. The van der Waals surface area contributed by atoms with Crippen molar-refractivity contribution in [1.82, 2.24) is 0 Å². The second kappa shape index (κ2) is 19.7. The molecule has 8 aromatic carbocycles. The molecule has 62 heavy (non-hydrogen) atoms. The number of rotatable bonds is 15. The summed E-state index contributed by atoms with van der Waals surface area (Å²) in [4.78, 5) is 4.62. The van der Waals surface area contributed by atoms with E-state index in [0.29, 0.717) is 13.2 Å². The van der Waals surface area contributed by atoms with Gasteiger partial charge in [0, 0.05) is 45.3 Å². The van der Waals surface area contributed by atoms with E-state index in [2.05, 4.69) is 206 Å². The summed E-state index contributed by atoms with van der Waals surface area (Å²) in [5.41, 5.74) is 15.7. The molecule has 4 nitrogen and oxygen atoms in total. The third-order valence-electron chi connectivity index (χ3n) is 10.8. The molecule has 4 heteroatoms. The topological polar surface area (TPSA) is 24.9 Å². The monoisotopic (exact) mass is 808 g/mol. The first kappa shape index (κ1) is 41.2. The Morgan fingerprint density at radius 1 is 0.339 bits per heavy atom. The van der Waals surface area contributed by atoms with Crippen molar-refractivity contribution in [3.63, 3.8) is 0 Å². The van der Waals surface area contributed by atoms with Gasteiger partial charge in [-0.25, -0.2) is 0 Å². The van der Waals surface area contributed by atoms with Crippen LogP contribution in [0.3, 0.4) is 0 Å². The Morgan fingerprint density at radius 2 is 0.629 bits per heavy atom. The fraction of sp³-hybridized carbons (Fsp3) is 0.103. The molecule has 0 N–H and O–H groups in total. The minimum absolute atomic E-state index is 0.636. The highest BCUT2D eigenvalue weighted by Gasteiger charge is 2.15. The summed E-state index contributed by atoms with van der Waals surface area (Å²) in [5.74, 6) is 1.78. The van der Waals surface area contributed by atoms with Crippen molar-refractivity contribution >= 4 is 58.4 Å². The van der Waals surface area contributed by atoms with E-state index in [1.165, 1.54) is 11.1 Å². The Hall–Kier alpha value is -7.56. The van der Waals surface area contributed by atoms with Crippen molar-refractivity contribution in [1.29, 1.82) is 0 Å². The molecule has 0 atom stereocenters. The number of benzene rings is 8. The maximum atomic E-state index is 5.83. The van der Waals surface area contributed by atoms with E-state index in [-0.39, 0.29) is 0 Å². The van der Waals surface area contributed by atoms with Crippen LogP contribution in [0.25, 0.3) is 35.4 Å². The van der Waals surface area contributed by atoms with Crippen LogP contribution in [0.4, 0.5) is 34.1 Å². The lowest BCUT2D eigenvalue weighted by atomic mass is 10.0. The van der Waals surface area contributed by atoms with Crippen molar-refractivity contribution in [2.45, 2.75) is 27.7 Å². The number of hydrogen-bond donors (Lipinski definition) is 0. The van der Waals surface area contributed by atoms with Crippen molar-refractivity contribution in [3.8, 4) is 22.6 Å². The van der Waals surface area contributed by atoms with Gasteiger partial charge in [0.25, 0.3) is 0 Å². The van der Waals surface area contributed by atoms with Gasteiger partial charge in [-0.05, 0) is 135 Å². The van der Waals surface area contributed by atoms with Gasteiger partial charge in [-0.15, -0.1) is 0 Å². The summed E-state index contributed by atoms with van der Waals surface area (Å²) >= 11 is 0. The van der Waals surface area contributed by atoms with Crippen molar-refractivity contribution in [2.24, 2.45) is 0 Å². The lowest BCUT2D eigenvalue weighted by molar-refractivity contribution is 0.339. The summed E-state index contributed by atoms with van der Waals surface area (Å²) in [5, 5.41) is 0. The zero-order valence-corrected chi connectivity index (χ0v) is 35.9. The predicted molar refractivity (Wildman–Crippen MR) is 264 cm³/mol. The minimum atomic E-state index is 0.636. The number of hydrogen-bond acceptors (Lipinski definition) is 4. The molecule has 8 rings (SSSR count). The lowest BCUT2D eigenvalue weighted by Gasteiger charge is -2.26. The van der Waals surface area contributed by atoms with Gasteiger partial charge in [-0.3, -0.25) is 0 Å². The van der Waals surface area contributed by atoms with Crippen LogP contribution < -0.4 is 19.3 Å². The van der Waals surface area contributed by atoms with E-state index in [4.69, 9.17) is 9.47 Å². The van der Waals surface area contributed by atoms with Crippen LogP contribution >= 0.6 is 0 Å². The predicted octanol–water partition coefficient (Wildman–Crippen LogP) is 16.0. The fourth-order valence-electron chi connectivity index (χ4n) is 7.54. The molecular weight excluding hydrogens is 757 g/mol. The van der Waals surface area contributed by atoms with Crippen molar-refractivity contribution in [2.75, 3.05) is 23.0 Å². The van der Waals surface area contributed by atoms with E-state index in [0.717, 1.165) is 79.0 Å². The second-order valence-corrected chi connectivity index (χ2v) is 15.2. The first-order chi connectivity index (χ1) is 30.4. The molecule has 0 amide bonds. The lowest BCUT2D eigenvalue weighted by Crippen LogP contribution is -2.10. The third kappa shape index (κ3) is 9.89. The molecule has 8 aromatic rings. The summed E-state index contributed by atoms with van der Waals surface area (Å²) < 4.78 is 11.7. The second-order valence-electron chi connectivity index (χ2n) is 15.2. The Balaban J connectivity index is 1.04. The van der Waals surface area contributed by atoms with E-state index >= 15 is 0 Å². The van der Waals surface area contributed by atoms with Crippen LogP contribution in [0.2, 0.25) is 0 Å². The van der Waals surface area contributed by atoms with Gasteiger partial charge < -0.3 is 19.3 Å². The average Bonchev–Trinajstić information content (AvgIpc) is 3.31. The molecule has 0 aliphatic heterocycles. The molecule has 0 unspecified atom stereocenters. The summed E-state index contributed by atoms with van der Waals surface area (Å²) in [6.07, 6.45) is 8.51. The Bertz CT molecular complexity index is 2540. The molecular formula is C58H52N2O2. The standard InChI is InChI=1S/C58H52N2O2/c1-5-61-57-13-9-7-11-49(57)25-19-45-21-35-53(36-22-45)59(51-31-15-43(3)16-32-51)55-39-27-47(28-40-55)48-29-41-56(42-30-48)60(52-33-17-44(4)18-34-52)54-37-23-46(24-38-54)20-26-50-12-8-10-14-58(50)62-6-2/h7-42H,5-6H2,1-4H3/b25-19+,26-20+. The highest BCUT2D eigenvalue weighted by atomic mass is 16.5. The number of ether oxygens (including phenoxy) is 2. The molecule has 0 aliphatic rings. The van der Waals surface area contributed by atoms with E-state index in [9.17, 15) is 0 Å². The Labute approximate surface area is 367 Å². The van der Waals surface area contributed by atoms with Crippen LogP contribution in [0.5, 0.6) is 11.5 Å². The molecule has 0 radical (unpaired) electrons. The summed E-state index contributed by atoms with van der Waals surface area (Å²) in [7, 11) is 0. The van der Waals surface area contributed by atoms with E-state index in [1.54, 1.807) is 0 Å². The number of para-hydroxylation sites is 2. The SMILES string of the molecule is CCOc1ccccc1/C=C/c1ccc(N(c2ccc(C)cc2)c2ccc(-c3ccc(N(c4ccc(C)cc4)c4ccc(/C=C/c5ccccc5OCC)cc4)cc3)cc2)cc1. The molecule has 0 aromatic heterocycles. The molecule has 0 spiro atoms. The summed E-state index contributed by atoms with van der Waals surface area (Å²) in [6.45, 7) is 9.54. The molecule has 306 valence electrons. The first-order valence-corrected chi connectivity index (χ1v) is 21.4. The van der Waals surface area contributed by atoms with Crippen LogP contribution in [0.1, 0.15) is 47.2 Å². The Kier molecular flexibility index (Phi) is 13.1. The van der Waals surface area contributed by atoms with E-state index in [1.807, 2.05) is 50.2 Å². The molecule has 0 heterocycles. The van der Waals surface area contributed by atoms with Gasteiger partial charge >= 0.3 is 0 Å². The normalized spacial score (nSPS) is 11.2. The maximum absolute atomic E-state index is 5.83. The highest BCUT2D eigenvalue weighted by molar-refractivity contribution is 5.82. The maximum Gasteiger partial charge on any atom is 0.126 e. The van der Waals surface area contributed by atoms with Crippen LogP contribution in [0.15, 0.2) is 194 Å². The summed E-state index contributed by atoms with van der Waals surface area (Å²) in [6, 6.07) is 68.9. The number of nitrogens with zero attached hydrogens (tertiary/aromatic N) is 2. The Morgan fingerprint density at radius 3 is 0.952 bits per heavy atom. The van der Waals surface area contributed by atoms with Gasteiger partial charge in [0.05, 0.1) is 13.2 Å². The fourth-order valence-corrected chi connectivity index (χ4v) is 7.54. The molecule has 0 aliphatic carbocycles. The largest absolute Gasteiger partial charge is 0.493 e. The zero-order valence-electron chi connectivity index (χ0n) is 35.9. The van der Waals surface area contributed by atoms with Gasteiger partial charge in [0.2, 0.25) is 0 Å². The molecule has 0 saturated carbocycles. The number of aryl methyl sites for hydroxylation is 2. The van der Waals surface area contributed by atoms with Gasteiger partial charge in [0.15, 0.2) is 0 Å². The van der Waals surface area contributed by atoms with Crippen molar-refractivity contribution < 1.29 is 9.47 Å². The van der Waals surface area contributed by atoms with Crippen LogP contribution in [0, 0.1) is 13.8 Å². The van der Waals surface area contributed by atoms with Crippen LogP contribution in [-0.2, 0) is 0 Å². The number of anilines is 6. The highest BCUT2D eigenvalue weighted by Crippen LogP contribution is 2.39. The molecule has 0 bridgehead atoms. The average molecular weight is 809 g/mol. The van der Waals surface area contributed by atoms with Gasteiger partial charge in [-0.2, -0.15) is 0 Å². The quantitative estimate of drug-likeness (QED) is 0.0963. The third-order valence-corrected chi connectivity index (χ3v) is 10.8.